The van der Waals surface area contributed by atoms with Crippen LogP contribution in [0.1, 0.15) is 22.6 Å². The van der Waals surface area contributed by atoms with Crippen LogP contribution in [0.25, 0.3) is 86.5 Å². The summed E-state index contributed by atoms with van der Waals surface area (Å²) < 4.78 is 0. The fourth-order valence-electron chi connectivity index (χ4n) is 9.12. The van der Waals surface area contributed by atoms with E-state index >= 15 is 0 Å². The smallest absolute Gasteiger partial charge is 0.123 e. The molecule has 220 valence electrons. The molecule has 2 nitrogen and oxygen atoms in total. The SMILES string of the molecule is Oc1ccc2ccc3c4cc(c5ccc1c2c35)-c1cc(c2ccc3ccc(O)c5ccc1c2c35)CC(c1cccc2ccccc12)C4. The molecule has 0 atom stereocenters. The Morgan fingerprint density at radius 3 is 1.47 bits per heavy atom. The summed E-state index contributed by atoms with van der Waals surface area (Å²) >= 11 is 0. The Hall–Kier alpha value is -5.86. The Kier molecular flexibility index (Phi) is 4.80. The minimum Gasteiger partial charge on any atom is -0.507 e. The lowest BCUT2D eigenvalue weighted by atomic mass is 9.81. The molecule has 0 saturated heterocycles. The number of phenols is 2. The van der Waals surface area contributed by atoms with Gasteiger partial charge in [-0.25, -0.2) is 0 Å². The summed E-state index contributed by atoms with van der Waals surface area (Å²) in [5, 5.41) is 38.3. The first-order valence-electron chi connectivity index (χ1n) is 16.4. The first-order chi connectivity index (χ1) is 23.1. The first-order valence-corrected chi connectivity index (χ1v) is 16.4. The molecule has 0 unspecified atom stereocenters. The van der Waals surface area contributed by atoms with Crippen LogP contribution in [0.4, 0.5) is 0 Å². The lowest BCUT2D eigenvalue weighted by Crippen LogP contribution is -2.08. The van der Waals surface area contributed by atoms with E-state index in [0.29, 0.717) is 11.5 Å². The van der Waals surface area contributed by atoms with Crippen molar-refractivity contribution in [3.63, 3.8) is 0 Å². The molecule has 4 bridgehead atoms. The molecule has 1 aliphatic carbocycles. The van der Waals surface area contributed by atoms with Gasteiger partial charge in [0.25, 0.3) is 0 Å². The van der Waals surface area contributed by atoms with E-state index in [1.165, 1.54) is 70.9 Å². The number of hydrogen-bond acceptors (Lipinski definition) is 2. The molecule has 0 saturated carbocycles. The molecule has 1 aliphatic rings. The van der Waals surface area contributed by atoms with Gasteiger partial charge >= 0.3 is 0 Å². The third kappa shape index (κ3) is 3.29. The molecule has 0 heterocycles. The zero-order valence-corrected chi connectivity index (χ0v) is 25.5. The summed E-state index contributed by atoms with van der Waals surface area (Å²) in [7, 11) is 0. The Labute approximate surface area is 270 Å². The Morgan fingerprint density at radius 2 is 0.872 bits per heavy atom. The summed E-state index contributed by atoms with van der Waals surface area (Å²) in [5.41, 5.74) is 6.51. The lowest BCUT2D eigenvalue weighted by molar-refractivity contribution is 0.481. The average Bonchev–Trinajstić information content (AvgIpc) is 3.17. The highest BCUT2D eigenvalue weighted by atomic mass is 16.3. The van der Waals surface area contributed by atoms with Crippen molar-refractivity contribution in [3.8, 4) is 22.6 Å². The monoisotopic (exact) mass is 600 g/mol. The molecule has 0 amide bonds. The minimum absolute atomic E-state index is 0.235. The second kappa shape index (κ2) is 8.90. The highest BCUT2D eigenvalue weighted by molar-refractivity contribution is 6.31. The van der Waals surface area contributed by atoms with Crippen molar-refractivity contribution in [2.45, 2.75) is 18.8 Å². The van der Waals surface area contributed by atoms with Crippen LogP contribution in [0.3, 0.4) is 0 Å². The summed E-state index contributed by atoms with van der Waals surface area (Å²) in [6, 6.07) is 45.8. The summed E-state index contributed by atoms with van der Waals surface area (Å²) in [6.45, 7) is 0. The zero-order chi connectivity index (χ0) is 31.0. The number of fused-ring (bicyclic) bond motifs is 10. The predicted molar refractivity (Wildman–Crippen MR) is 197 cm³/mol. The molecule has 0 fully saturated rings. The van der Waals surface area contributed by atoms with E-state index in [9.17, 15) is 10.2 Å². The van der Waals surface area contributed by atoms with Crippen molar-refractivity contribution in [1.82, 2.24) is 0 Å². The topological polar surface area (TPSA) is 40.5 Å². The van der Waals surface area contributed by atoms with E-state index in [-0.39, 0.29) is 5.92 Å². The second-order valence-corrected chi connectivity index (χ2v) is 13.5. The van der Waals surface area contributed by atoms with Gasteiger partial charge in [-0.05, 0) is 137 Å². The maximum atomic E-state index is 11.0. The quantitative estimate of drug-likeness (QED) is 0.184. The van der Waals surface area contributed by atoms with Crippen molar-refractivity contribution >= 4 is 75.4 Å². The van der Waals surface area contributed by atoms with Gasteiger partial charge in [-0.2, -0.15) is 0 Å². The van der Waals surface area contributed by atoms with Crippen molar-refractivity contribution < 1.29 is 10.2 Å². The molecule has 10 aromatic rings. The number of benzene rings is 10. The average molecular weight is 601 g/mol. The van der Waals surface area contributed by atoms with Crippen LogP contribution in [0.15, 0.2) is 127 Å². The maximum Gasteiger partial charge on any atom is 0.123 e. The fourth-order valence-corrected chi connectivity index (χ4v) is 9.12. The lowest BCUT2D eigenvalue weighted by Gasteiger charge is -2.22. The van der Waals surface area contributed by atoms with Gasteiger partial charge in [0.15, 0.2) is 0 Å². The highest BCUT2D eigenvalue weighted by Gasteiger charge is 2.26. The van der Waals surface area contributed by atoms with Crippen LogP contribution in [-0.4, -0.2) is 10.2 Å². The predicted octanol–water partition coefficient (Wildman–Crippen LogP) is 11.6. The van der Waals surface area contributed by atoms with Crippen LogP contribution in [0.2, 0.25) is 0 Å². The van der Waals surface area contributed by atoms with Crippen molar-refractivity contribution in [1.29, 1.82) is 0 Å². The molecule has 11 rings (SSSR count). The van der Waals surface area contributed by atoms with Crippen LogP contribution in [-0.2, 0) is 12.8 Å². The van der Waals surface area contributed by atoms with E-state index < -0.39 is 0 Å². The van der Waals surface area contributed by atoms with Gasteiger partial charge in [-0.3, -0.25) is 0 Å². The number of phenolic OH excluding ortho intramolecular Hbond substituents is 2. The molecule has 0 aliphatic heterocycles. The zero-order valence-electron chi connectivity index (χ0n) is 25.5. The van der Waals surface area contributed by atoms with Crippen LogP contribution in [0.5, 0.6) is 11.5 Å². The highest BCUT2D eigenvalue weighted by Crippen LogP contribution is 2.50. The van der Waals surface area contributed by atoms with E-state index in [2.05, 4.69) is 103 Å². The van der Waals surface area contributed by atoms with Crippen LogP contribution >= 0.6 is 0 Å². The maximum absolute atomic E-state index is 11.0. The number of hydrogen-bond donors (Lipinski definition) is 2. The third-order valence-electron chi connectivity index (χ3n) is 11.2. The van der Waals surface area contributed by atoms with E-state index in [1.807, 2.05) is 24.3 Å². The third-order valence-corrected chi connectivity index (χ3v) is 11.2. The summed E-state index contributed by atoms with van der Waals surface area (Å²) in [5.74, 6) is 0.877. The van der Waals surface area contributed by atoms with E-state index in [1.54, 1.807) is 0 Å². The van der Waals surface area contributed by atoms with Crippen LogP contribution in [0, 0.1) is 0 Å². The van der Waals surface area contributed by atoms with Gasteiger partial charge < -0.3 is 10.2 Å². The molecular formula is C45H28O2. The second-order valence-electron chi connectivity index (χ2n) is 13.5. The molecular weight excluding hydrogens is 572 g/mol. The van der Waals surface area contributed by atoms with Gasteiger partial charge in [0, 0.05) is 21.5 Å². The Balaban J connectivity index is 1.34. The standard InChI is InChI=1S/C45H28O2/c46-40-18-10-25-8-12-32-28-20-27(31-7-3-5-24-4-1-2-6-30(24)31)21-29-23-39(38(22-28)34-14-16-36(40)42(25)44(32)34)35-15-17-37-41(47)19-11-26-9-13-33(29)45(35)43(26)37/h1-19,22-23,27,46-47H,20-21H2. The van der Waals surface area contributed by atoms with E-state index in [4.69, 9.17) is 0 Å². The molecule has 0 spiro atoms. The van der Waals surface area contributed by atoms with Crippen molar-refractivity contribution in [2.24, 2.45) is 0 Å². The van der Waals surface area contributed by atoms with Gasteiger partial charge in [0.05, 0.1) is 0 Å². The molecule has 0 radical (unpaired) electrons. The van der Waals surface area contributed by atoms with Crippen molar-refractivity contribution in [2.75, 3.05) is 0 Å². The van der Waals surface area contributed by atoms with E-state index in [0.717, 1.165) is 45.2 Å². The first kappa shape index (κ1) is 25.3. The summed E-state index contributed by atoms with van der Waals surface area (Å²) in [6.07, 6.45) is 1.79. The molecule has 2 heteroatoms. The number of rotatable bonds is 1. The summed E-state index contributed by atoms with van der Waals surface area (Å²) in [4.78, 5) is 0. The van der Waals surface area contributed by atoms with Crippen molar-refractivity contribution in [3.05, 3.63) is 144 Å². The Morgan fingerprint density at radius 1 is 0.383 bits per heavy atom. The molecule has 0 aromatic heterocycles. The Bertz CT molecular complexity index is 2770. The minimum atomic E-state index is 0.235. The largest absolute Gasteiger partial charge is 0.507 e. The molecule has 47 heavy (non-hydrogen) atoms. The molecule has 2 N–H and O–H groups in total. The normalized spacial score (nSPS) is 13.9. The number of aromatic hydroxyl groups is 2. The fraction of sp³-hybridized carbons (Fsp3) is 0.0667. The van der Waals surface area contributed by atoms with Gasteiger partial charge in [0.1, 0.15) is 11.5 Å². The van der Waals surface area contributed by atoms with Crippen LogP contribution < -0.4 is 0 Å². The molecule has 10 aromatic carbocycles. The van der Waals surface area contributed by atoms with Gasteiger partial charge in [-0.15, -0.1) is 0 Å². The van der Waals surface area contributed by atoms with Gasteiger partial charge in [0.2, 0.25) is 0 Å². The van der Waals surface area contributed by atoms with Gasteiger partial charge in [-0.1, -0.05) is 91.0 Å².